The average molecular weight is 450 g/mol. The molecular formula is C25H19FN8. The number of aromatic nitrogens is 7. The Morgan fingerprint density at radius 3 is 2.65 bits per heavy atom. The molecule has 6 rings (SSSR count). The van der Waals surface area contributed by atoms with Crippen molar-refractivity contribution in [1.29, 1.82) is 0 Å². The summed E-state index contributed by atoms with van der Waals surface area (Å²) in [6.07, 6.45) is 6.98. The zero-order valence-corrected chi connectivity index (χ0v) is 18.4. The molecule has 0 spiro atoms. The highest BCUT2D eigenvalue weighted by Gasteiger charge is 2.18. The van der Waals surface area contributed by atoms with Crippen molar-refractivity contribution in [1.82, 2.24) is 35.1 Å². The monoisotopic (exact) mass is 450 g/mol. The standard InChI is InChI=1S/C25H19FN8/c1-34(2)15-9-14(11-27-12-15)20-10-17-21(13-29-20)32-33-23(17)25-30-19-7-8-28-22(24(19)31-25)16-5-3-4-6-18(16)26/h3-13H,1-2H3,(H,30,31)(H,32,33). The van der Waals surface area contributed by atoms with Crippen LogP contribution in [0.5, 0.6) is 0 Å². The van der Waals surface area contributed by atoms with Gasteiger partial charge < -0.3 is 9.88 Å². The van der Waals surface area contributed by atoms with Gasteiger partial charge in [0.1, 0.15) is 22.7 Å². The van der Waals surface area contributed by atoms with Crippen LogP contribution in [0.4, 0.5) is 10.1 Å². The fourth-order valence-electron chi connectivity index (χ4n) is 3.97. The number of anilines is 1. The topological polar surface area (TPSA) is 99.3 Å². The van der Waals surface area contributed by atoms with E-state index in [0.29, 0.717) is 28.3 Å². The van der Waals surface area contributed by atoms with Crippen LogP contribution in [0.1, 0.15) is 0 Å². The highest BCUT2D eigenvalue weighted by molar-refractivity contribution is 5.96. The lowest BCUT2D eigenvalue weighted by Crippen LogP contribution is -2.08. The van der Waals surface area contributed by atoms with E-state index in [1.807, 2.05) is 37.2 Å². The summed E-state index contributed by atoms with van der Waals surface area (Å²) in [6.45, 7) is 0. The summed E-state index contributed by atoms with van der Waals surface area (Å²) >= 11 is 0. The minimum atomic E-state index is -0.346. The highest BCUT2D eigenvalue weighted by Crippen LogP contribution is 2.32. The smallest absolute Gasteiger partial charge is 0.159 e. The molecule has 5 heterocycles. The number of nitrogens with zero attached hydrogens (tertiary/aromatic N) is 6. The van der Waals surface area contributed by atoms with Crippen LogP contribution in [0.2, 0.25) is 0 Å². The summed E-state index contributed by atoms with van der Waals surface area (Å²) in [7, 11) is 3.94. The van der Waals surface area contributed by atoms with Crippen LogP contribution in [0.15, 0.2) is 67.3 Å². The van der Waals surface area contributed by atoms with E-state index in [1.54, 1.807) is 43.0 Å². The molecular weight excluding hydrogens is 431 g/mol. The van der Waals surface area contributed by atoms with E-state index in [1.165, 1.54) is 6.07 Å². The summed E-state index contributed by atoms with van der Waals surface area (Å²) in [5, 5.41) is 8.37. The number of rotatable bonds is 4. The quantitative estimate of drug-likeness (QED) is 0.399. The predicted molar refractivity (Wildman–Crippen MR) is 130 cm³/mol. The molecule has 0 saturated heterocycles. The minimum absolute atomic E-state index is 0.346. The Balaban J connectivity index is 1.49. The van der Waals surface area contributed by atoms with Crippen LogP contribution in [0.25, 0.3) is 56.0 Å². The summed E-state index contributed by atoms with van der Waals surface area (Å²) in [6, 6.07) is 12.4. The van der Waals surface area contributed by atoms with Gasteiger partial charge in [-0.3, -0.25) is 20.1 Å². The van der Waals surface area contributed by atoms with Gasteiger partial charge in [0.2, 0.25) is 0 Å². The molecule has 0 atom stereocenters. The van der Waals surface area contributed by atoms with E-state index in [-0.39, 0.29) is 5.82 Å². The van der Waals surface area contributed by atoms with Crippen molar-refractivity contribution in [3.63, 3.8) is 0 Å². The highest BCUT2D eigenvalue weighted by atomic mass is 19.1. The maximum Gasteiger partial charge on any atom is 0.159 e. The third-order valence-electron chi connectivity index (χ3n) is 5.74. The van der Waals surface area contributed by atoms with E-state index >= 15 is 0 Å². The largest absolute Gasteiger partial charge is 0.376 e. The zero-order valence-electron chi connectivity index (χ0n) is 18.4. The molecule has 1 aromatic carbocycles. The second-order valence-electron chi connectivity index (χ2n) is 8.13. The molecule has 0 aliphatic carbocycles. The molecule has 0 unspecified atom stereocenters. The van der Waals surface area contributed by atoms with E-state index < -0.39 is 0 Å². The van der Waals surface area contributed by atoms with Gasteiger partial charge >= 0.3 is 0 Å². The van der Waals surface area contributed by atoms with Gasteiger partial charge in [0, 0.05) is 43.0 Å². The lowest BCUT2D eigenvalue weighted by molar-refractivity contribution is 0.631. The lowest BCUT2D eigenvalue weighted by atomic mass is 10.1. The Kier molecular flexibility index (Phi) is 4.54. The van der Waals surface area contributed by atoms with Gasteiger partial charge in [-0.25, -0.2) is 9.37 Å². The summed E-state index contributed by atoms with van der Waals surface area (Å²) in [5.74, 6) is 0.214. The lowest BCUT2D eigenvalue weighted by Gasteiger charge is -2.12. The molecule has 34 heavy (non-hydrogen) atoms. The van der Waals surface area contributed by atoms with Crippen molar-refractivity contribution in [3.8, 4) is 34.0 Å². The van der Waals surface area contributed by atoms with Gasteiger partial charge in [-0.2, -0.15) is 5.10 Å². The molecule has 0 aliphatic rings. The van der Waals surface area contributed by atoms with Gasteiger partial charge in [-0.15, -0.1) is 0 Å². The zero-order chi connectivity index (χ0) is 23.2. The van der Waals surface area contributed by atoms with E-state index in [2.05, 4.69) is 30.1 Å². The van der Waals surface area contributed by atoms with Crippen LogP contribution in [-0.2, 0) is 0 Å². The number of imidazole rings is 1. The Morgan fingerprint density at radius 2 is 1.79 bits per heavy atom. The van der Waals surface area contributed by atoms with Crippen LogP contribution in [0, 0.1) is 5.82 Å². The van der Waals surface area contributed by atoms with Crippen molar-refractivity contribution >= 4 is 27.6 Å². The number of halogens is 1. The molecule has 0 amide bonds. The number of aromatic amines is 2. The fraction of sp³-hybridized carbons (Fsp3) is 0.0800. The van der Waals surface area contributed by atoms with Crippen molar-refractivity contribution in [2.45, 2.75) is 0 Å². The molecule has 8 nitrogen and oxygen atoms in total. The van der Waals surface area contributed by atoms with Crippen LogP contribution >= 0.6 is 0 Å². The van der Waals surface area contributed by atoms with Crippen LogP contribution in [0.3, 0.4) is 0 Å². The summed E-state index contributed by atoms with van der Waals surface area (Å²) in [4.78, 5) is 23.4. The molecule has 6 aromatic rings. The number of hydrogen-bond acceptors (Lipinski definition) is 6. The number of nitrogens with one attached hydrogen (secondary N) is 2. The van der Waals surface area contributed by atoms with Gasteiger partial charge in [-0.1, -0.05) is 12.1 Å². The number of hydrogen-bond donors (Lipinski definition) is 2. The van der Waals surface area contributed by atoms with E-state index in [0.717, 1.165) is 33.4 Å². The molecule has 0 saturated carbocycles. The number of fused-ring (bicyclic) bond motifs is 2. The first-order chi connectivity index (χ1) is 16.6. The van der Waals surface area contributed by atoms with Gasteiger partial charge in [0.15, 0.2) is 5.82 Å². The third kappa shape index (κ3) is 3.25. The molecule has 0 radical (unpaired) electrons. The van der Waals surface area contributed by atoms with E-state index in [4.69, 9.17) is 4.98 Å². The maximum atomic E-state index is 14.5. The van der Waals surface area contributed by atoms with Crippen molar-refractivity contribution in [2.75, 3.05) is 19.0 Å². The van der Waals surface area contributed by atoms with Gasteiger partial charge in [-0.05, 0) is 30.3 Å². The summed E-state index contributed by atoms with van der Waals surface area (Å²) in [5.41, 5.74) is 6.29. The van der Waals surface area contributed by atoms with Crippen molar-refractivity contribution in [2.24, 2.45) is 0 Å². The molecule has 0 bridgehead atoms. The second-order valence-corrected chi connectivity index (χ2v) is 8.13. The number of pyridine rings is 3. The Labute approximate surface area is 193 Å². The molecule has 2 N–H and O–H groups in total. The van der Waals surface area contributed by atoms with Crippen LogP contribution < -0.4 is 4.90 Å². The summed E-state index contributed by atoms with van der Waals surface area (Å²) < 4.78 is 14.5. The normalized spacial score (nSPS) is 11.4. The second kappa shape index (κ2) is 7.73. The average Bonchev–Trinajstić information content (AvgIpc) is 3.48. The van der Waals surface area contributed by atoms with Gasteiger partial charge in [0.05, 0.1) is 34.8 Å². The number of H-pyrrole nitrogens is 2. The first-order valence-corrected chi connectivity index (χ1v) is 10.7. The number of benzene rings is 1. The SMILES string of the molecule is CN(C)c1cncc(-c2cc3c(-c4nc5c(-c6ccccc6F)nccc5[nH]4)n[nH]c3cn2)c1. The molecule has 9 heteroatoms. The predicted octanol–water partition coefficient (Wildman–Crippen LogP) is 4.83. The van der Waals surface area contributed by atoms with Gasteiger partial charge in [0.25, 0.3) is 0 Å². The maximum absolute atomic E-state index is 14.5. The Morgan fingerprint density at radius 1 is 0.912 bits per heavy atom. The van der Waals surface area contributed by atoms with E-state index in [9.17, 15) is 4.39 Å². The minimum Gasteiger partial charge on any atom is -0.376 e. The van der Waals surface area contributed by atoms with Crippen molar-refractivity contribution < 1.29 is 4.39 Å². The Hall–Kier alpha value is -4.66. The first-order valence-electron chi connectivity index (χ1n) is 10.7. The molecule has 0 aliphatic heterocycles. The third-order valence-corrected chi connectivity index (χ3v) is 5.74. The van der Waals surface area contributed by atoms with Crippen molar-refractivity contribution in [3.05, 3.63) is 73.1 Å². The molecule has 5 aromatic heterocycles. The van der Waals surface area contributed by atoms with Crippen LogP contribution in [-0.4, -0.2) is 49.2 Å². The molecule has 0 fully saturated rings. The molecule has 166 valence electrons. The first kappa shape index (κ1) is 20.0. The fourth-order valence-corrected chi connectivity index (χ4v) is 3.97. The Bertz CT molecular complexity index is 1670.